The molecule has 12 heavy (non-hydrogen) atoms. The van der Waals surface area contributed by atoms with Gasteiger partial charge in [-0.3, -0.25) is 0 Å². The van der Waals surface area contributed by atoms with Gasteiger partial charge in [0.15, 0.2) is 0 Å². The summed E-state index contributed by atoms with van der Waals surface area (Å²) >= 11 is 0. The van der Waals surface area contributed by atoms with E-state index in [1.54, 1.807) is 0 Å². The first-order valence-corrected chi connectivity index (χ1v) is 4.27. The van der Waals surface area contributed by atoms with Crippen molar-refractivity contribution in [2.45, 2.75) is 25.2 Å². The number of aliphatic hydroxyl groups excluding tert-OH is 1. The van der Waals surface area contributed by atoms with E-state index in [-0.39, 0.29) is 18.1 Å². The Hall–Kier alpha value is -0.380. The van der Waals surface area contributed by atoms with E-state index in [9.17, 15) is 5.11 Å². The Balaban J connectivity index is 2.10. The first-order valence-electron chi connectivity index (χ1n) is 4.27. The van der Waals surface area contributed by atoms with Crippen LogP contribution < -0.4 is 0 Å². The van der Waals surface area contributed by atoms with Gasteiger partial charge in [-0.2, -0.15) is 0 Å². The topological polar surface area (TPSA) is 38.7 Å². The standard InChI is InChI=1S/C9H14O3/c1-5(2)6-3-11-9-7(10)4-12-8(6)9/h6-10H,1,3-4H2,2H3. The summed E-state index contributed by atoms with van der Waals surface area (Å²) in [6.07, 6.45) is -0.524. The van der Waals surface area contributed by atoms with Crippen LogP contribution in [-0.2, 0) is 9.47 Å². The Labute approximate surface area is 72.0 Å². The summed E-state index contributed by atoms with van der Waals surface area (Å²) in [5, 5.41) is 9.42. The van der Waals surface area contributed by atoms with Gasteiger partial charge in [0.2, 0.25) is 0 Å². The Bertz CT molecular complexity index is 202. The van der Waals surface area contributed by atoms with Crippen molar-refractivity contribution in [1.82, 2.24) is 0 Å². The van der Waals surface area contributed by atoms with Crippen LogP contribution in [0.1, 0.15) is 6.92 Å². The highest BCUT2D eigenvalue weighted by atomic mass is 16.6. The highest BCUT2D eigenvalue weighted by Crippen LogP contribution is 2.34. The summed E-state index contributed by atoms with van der Waals surface area (Å²) < 4.78 is 10.9. The van der Waals surface area contributed by atoms with Crippen molar-refractivity contribution < 1.29 is 14.6 Å². The SMILES string of the molecule is C=C(C)C1COC2C(O)COC12. The van der Waals surface area contributed by atoms with Gasteiger partial charge in [0.1, 0.15) is 12.2 Å². The van der Waals surface area contributed by atoms with Gasteiger partial charge in [-0.1, -0.05) is 12.2 Å². The predicted molar refractivity (Wildman–Crippen MR) is 43.8 cm³/mol. The van der Waals surface area contributed by atoms with Gasteiger partial charge in [-0.25, -0.2) is 0 Å². The van der Waals surface area contributed by atoms with Gasteiger partial charge in [0.05, 0.1) is 19.3 Å². The molecule has 0 aromatic rings. The van der Waals surface area contributed by atoms with Crippen molar-refractivity contribution in [2.75, 3.05) is 13.2 Å². The second-order valence-corrected chi connectivity index (χ2v) is 3.62. The van der Waals surface area contributed by atoms with Crippen LogP contribution in [0, 0.1) is 5.92 Å². The average molecular weight is 170 g/mol. The van der Waals surface area contributed by atoms with Crippen LogP contribution in [0.3, 0.4) is 0 Å². The number of ether oxygens (including phenoxy) is 2. The molecule has 0 aromatic carbocycles. The Kier molecular flexibility index (Phi) is 1.94. The molecule has 0 radical (unpaired) electrons. The van der Waals surface area contributed by atoms with E-state index >= 15 is 0 Å². The maximum Gasteiger partial charge on any atom is 0.112 e. The fourth-order valence-corrected chi connectivity index (χ4v) is 1.90. The molecule has 0 aliphatic carbocycles. The normalized spacial score (nSPS) is 46.2. The van der Waals surface area contributed by atoms with Crippen molar-refractivity contribution in [3.63, 3.8) is 0 Å². The monoisotopic (exact) mass is 170 g/mol. The molecule has 0 saturated carbocycles. The lowest BCUT2D eigenvalue weighted by atomic mass is 9.95. The molecule has 1 N–H and O–H groups in total. The van der Waals surface area contributed by atoms with Crippen molar-refractivity contribution in [1.29, 1.82) is 0 Å². The second-order valence-electron chi connectivity index (χ2n) is 3.62. The molecule has 0 aromatic heterocycles. The molecule has 2 fully saturated rings. The lowest BCUT2D eigenvalue weighted by molar-refractivity contribution is 0.0176. The molecule has 2 saturated heterocycles. The minimum atomic E-state index is -0.445. The molecule has 2 aliphatic heterocycles. The minimum absolute atomic E-state index is 0.0394. The average Bonchev–Trinajstić information content (AvgIpc) is 2.53. The zero-order valence-electron chi connectivity index (χ0n) is 7.19. The number of aliphatic hydroxyl groups is 1. The summed E-state index contributed by atoms with van der Waals surface area (Å²) in [7, 11) is 0. The molecule has 68 valence electrons. The molecule has 2 aliphatic rings. The summed E-state index contributed by atoms with van der Waals surface area (Å²) in [5.41, 5.74) is 1.08. The molecular weight excluding hydrogens is 156 g/mol. The molecule has 2 rings (SSSR count). The molecule has 0 bridgehead atoms. The maximum absolute atomic E-state index is 9.42. The zero-order valence-corrected chi connectivity index (χ0v) is 7.19. The molecule has 0 spiro atoms. The van der Waals surface area contributed by atoms with Crippen LogP contribution in [-0.4, -0.2) is 36.6 Å². The van der Waals surface area contributed by atoms with E-state index in [0.717, 1.165) is 5.57 Å². The molecule has 3 heteroatoms. The van der Waals surface area contributed by atoms with Crippen LogP contribution in [0.4, 0.5) is 0 Å². The van der Waals surface area contributed by atoms with Gasteiger partial charge in [-0.15, -0.1) is 0 Å². The number of rotatable bonds is 1. The van der Waals surface area contributed by atoms with Gasteiger partial charge in [0.25, 0.3) is 0 Å². The lowest BCUT2D eigenvalue weighted by Crippen LogP contribution is -2.29. The third-order valence-corrected chi connectivity index (χ3v) is 2.66. The fourth-order valence-electron chi connectivity index (χ4n) is 1.90. The third kappa shape index (κ3) is 1.09. The summed E-state index contributed by atoms with van der Waals surface area (Å²) in [6.45, 7) is 6.90. The van der Waals surface area contributed by atoms with Gasteiger partial charge >= 0.3 is 0 Å². The first kappa shape index (κ1) is 8.23. The number of fused-ring (bicyclic) bond motifs is 1. The molecule has 4 atom stereocenters. The highest BCUT2D eigenvalue weighted by Gasteiger charge is 2.46. The molecule has 2 heterocycles. The quantitative estimate of drug-likeness (QED) is 0.577. The molecule has 0 amide bonds. The van der Waals surface area contributed by atoms with E-state index in [4.69, 9.17) is 9.47 Å². The van der Waals surface area contributed by atoms with E-state index < -0.39 is 6.10 Å². The van der Waals surface area contributed by atoms with Crippen molar-refractivity contribution in [3.8, 4) is 0 Å². The van der Waals surface area contributed by atoms with Crippen LogP contribution in [0.2, 0.25) is 0 Å². The smallest absolute Gasteiger partial charge is 0.112 e. The Morgan fingerprint density at radius 3 is 2.67 bits per heavy atom. The maximum atomic E-state index is 9.42. The highest BCUT2D eigenvalue weighted by molar-refractivity contribution is 5.08. The van der Waals surface area contributed by atoms with E-state index in [2.05, 4.69) is 6.58 Å². The molecular formula is C9H14O3. The van der Waals surface area contributed by atoms with Gasteiger partial charge in [0, 0.05) is 5.92 Å². The van der Waals surface area contributed by atoms with Crippen molar-refractivity contribution in [2.24, 2.45) is 5.92 Å². The summed E-state index contributed by atoms with van der Waals surface area (Å²) in [6, 6.07) is 0. The Morgan fingerprint density at radius 1 is 1.33 bits per heavy atom. The molecule has 4 unspecified atom stereocenters. The van der Waals surface area contributed by atoms with Crippen LogP contribution in [0.15, 0.2) is 12.2 Å². The molecule has 3 nitrogen and oxygen atoms in total. The zero-order chi connectivity index (χ0) is 8.72. The fraction of sp³-hybridized carbons (Fsp3) is 0.778. The summed E-state index contributed by atoms with van der Waals surface area (Å²) in [4.78, 5) is 0. The second kappa shape index (κ2) is 2.83. The van der Waals surface area contributed by atoms with Gasteiger partial charge in [-0.05, 0) is 6.92 Å². The van der Waals surface area contributed by atoms with E-state index in [0.29, 0.717) is 13.2 Å². The van der Waals surface area contributed by atoms with Crippen molar-refractivity contribution >= 4 is 0 Å². The van der Waals surface area contributed by atoms with Crippen molar-refractivity contribution in [3.05, 3.63) is 12.2 Å². The number of hydrogen-bond donors (Lipinski definition) is 1. The van der Waals surface area contributed by atoms with Crippen LogP contribution in [0.25, 0.3) is 0 Å². The van der Waals surface area contributed by atoms with Crippen LogP contribution >= 0.6 is 0 Å². The van der Waals surface area contributed by atoms with E-state index in [1.165, 1.54) is 0 Å². The largest absolute Gasteiger partial charge is 0.388 e. The predicted octanol–water partition coefficient (Wildman–Crippen LogP) is 0.337. The van der Waals surface area contributed by atoms with Gasteiger partial charge < -0.3 is 14.6 Å². The summed E-state index contributed by atoms with van der Waals surface area (Å²) in [5.74, 6) is 0.271. The third-order valence-electron chi connectivity index (χ3n) is 2.66. The Morgan fingerprint density at radius 2 is 2.00 bits per heavy atom. The van der Waals surface area contributed by atoms with E-state index in [1.807, 2.05) is 6.92 Å². The minimum Gasteiger partial charge on any atom is -0.388 e. The van der Waals surface area contributed by atoms with Crippen LogP contribution in [0.5, 0.6) is 0 Å². The first-order chi connectivity index (χ1) is 5.70. The lowest BCUT2D eigenvalue weighted by Gasteiger charge is -2.14. The number of hydrogen-bond acceptors (Lipinski definition) is 3.